The van der Waals surface area contributed by atoms with Crippen molar-refractivity contribution in [2.75, 3.05) is 26.2 Å². The average Bonchev–Trinajstić information content (AvgIpc) is 3.19. The van der Waals surface area contributed by atoms with Crippen molar-refractivity contribution in [3.63, 3.8) is 0 Å². The van der Waals surface area contributed by atoms with Gasteiger partial charge >= 0.3 is 0 Å². The van der Waals surface area contributed by atoms with Crippen LogP contribution >= 0.6 is 24.0 Å². The Morgan fingerprint density at radius 2 is 1.84 bits per heavy atom. The molecule has 7 heteroatoms. The third kappa shape index (κ3) is 7.83. The highest BCUT2D eigenvalue weighted by atomic mass is 127. The van der Waals surface area contributed by atoms with Gasteiger partial charge in [0.15, 0.2) is 5.96 Å². The van der Waals surface area contributed by atoms with E-state index in [2.05, 4.69) is 45.0 Å². The van der Waals surface area contributed by atoms with Gasteiger partial charge in [-0.05, 0) is 37.5 Å². The number of aliphatic hydroxyl groups is 1. The molecule has 0 spiro atoms. The number of nitrogens with one attached hydrogen (secondary N) is 3. The van der Waals surface area contributed by atoms with Crippen LogP contribution in [0.3, 0.4) is 0 Å². The maximum atomic E-state index is 10.3. The average molecular weight is 536 g/mol. The van der Waals surface area contributed by atoms with E-state index in [9.17, 15) is 5.11 Å². The maximum absolute atomic E-state index is 10.3. The molecule has 168 valence electrons. The van der Waals surface area contributed by atoms with Gasteiger partial charge in [-0.15, -0.1) is 24.0 Å². The third-order valence-corrected chi connectivity index (χ3v) is 4.97. The number of fused-ring (bicyclic) bond motifs is 1. The lowest BCUT2D eigenvalue weighted by Crippen LogP contribution is -2.39. The first kappa shape index (κ1) is 25.2. The van der Waals surface area contributed by atoms with Gasteiger partial charge in [0, 0.05) is 30.2 Å². The van der Waals surface area contributed by atoms with Crippen molar-refractivity contribution in [3.05, 3.63) is 71.9 Å². The number of ether oxygens (including phenoxy) is 1. The molecule has 3 rings (SSSR count). The van der Waals surface area contributed by atoms with Crippen LogP contribution in [0.1, 0.15) is 31.1 Å². The molecule has 0 saturated heterocycles. The van der Waals surface area contributed by atoms with E-state index >= 15 is 0 Å². The van der Waals surface area contributed by atoms with E-state index in [-0.39, 0.29) is 43.2 Å². The minimum absolute atomic E-state index is 0. The summed E-state index contributed by atoms with van der Waals surface area (Å²) < 4.78 is 5.79. The van der Waals surface area contributed by atoms with E-state index in [0.717, 1.165) is 30.6 Å². The number of para-hydroxylation sites is 1. The van der Waals surface area contributed by atoms with Crippen molar-refractivity contribution in [1.82, 2.24) is 15.6 Å². The molecule has 6 nitrogen and oxygen atoms in total. The summed E-state index contributed by atoms with van der Waals surface area (Å²) in [7, 11) is 0. The first-order valence-corrected chi connectivity index (χ1v) is 10.6. The zero-order valence-corrected chi connectivity index (χ0v) is 20.5. The molecule has 2 atom stereocenters. The minimum atomic E-state index is -0.653. The molecule has 2 aromatic carbocycles. The molecule has 3 aromatic rings. The fourth-order valence-electron chi connectivity index (χ4n) is 3.32. The first-order chi connectivity index (χ1) is 14.7. The van der Waals surface area contributed by atoms with Crippen molar-refractivity contribution in [1.29, 1.82) is 0 Å². The number of aromatic nitrogens is 1. The number of nitrogens with zero attached hydrogens (tertiary/aromatic N) is 1. The van der Waals surface area contributed by atoms with Crippen LogP contribution in [-0.4, -0.2) is 48.4 Å². The maximum Gasteiger partial charge on any atom is 0.191 e. The van der Waals surface area contributed by atoms with Crippen LogP contribution in [-0.2, 0) is 11.2 Å². The second-order valence-electron chi connectivity index (χ2n) is 7.30. The number of aromatic amines is 1. The molecular formula is C24H33IN4O2. The molecule has 0 saturated carbocycles. The Hall–Kier alpha value is -2.10. The molecule has 1 heterocycles. The van der Waals surface area contributed by atoms with Crippen molar-refractivity contribution in [3.8, 4) is 0 Å². The highest BCUT2D eigenvalue weighted by molar-refractivity contribution is 14.0. The van der Waals surface area contributed by atoms with E-state index in [4.69, 9.17) is 4.74 Å². The fourth-order valence-corrected chi connectivity index (χ4v) is 3.32. The second kappa shape index (κ2) is 13.3. The van der Waals surface area contributed by atoms with Gasteiger partial charge in [-0.2, -0.15) is 0 Å². The number of aliphatic imine (C=N–C) groups is 1. The molecular weight excluding hydrogens is 503 g/mol. The summed E-state index contributed by atoms with van der Waals surface area (Å²) in [6.07, 6.45) is 2.23. The van der Waals surface area contributed by atoms with E-state index in [1.165, 1.54) is 10.9 Å². The SMILES string of the molecule is CCNC(=NCC(O)COC(C)c1ccccc1)NCCc1c[nH]c2ccccc12.I. The predicted molar refractivity (Wildman–Crippen MR) is 138 cm³/mol. The van der Waals surface area contributed by atoms with Crippen LogP contribution in [0.5, 0.6) is 0 Å². The third-order valence-electron chi connectivity index (χ3n) is 4.97. The fraction of sp³-hybridized carbons (Fsp3) is 0.375. The number of rotatable bonds is 10. The Bertz CT molecular complexity index is 929. The van der Waals surface area contributed by atoms with Crippen LogP contribution in [0, 0.1) is 0 Å². The van der Waals surface area contributed by atoms with Gasteiger partial charge in [-0.1, -0.05) is 48.5 Å². The normalized spacial score (nSPS) is 13.5. The summed E-state index contributed by atoms with van der Waals surface area (Å²) in [5.41, 5.74) is 3.53. The largest absolute Gasteiger partial charge is 0.389 e. The van der Waals surface area contributed by atoms with E-state index in [1.54, 1.807) is 0 Å². The van der Waals surface area contributed by atoms with Crippen molar-refractivity contribution in [2.45, 2.75) is 32.5 Å². The zero-order chi connectivity index (χ0) is 21.2. The molecule has 1 aromatic heterocycles. The van der Waals surface area contributed by atoms with Gasteiger partial charge in [-0.25, -0.2) is 0 Å². The van der Waals surface area contributed by atoms with Gasteiger partial charge in [0.2, 0.25) is 0 Å². The quantitative estimate of drug-likeness (QED) is 0.179. The number of aliphatic hydroxyl groups excluding tert-OH is 1. The molecule has 0 fully saturated rings. The summed E-state index contributed by atoms with van der Waals surface area (Å²) in [4.78, 5) is 7.81. The molecule has 31 heavy (non-hydrogen) atoms. The second-order valence-corrected chi connectivity index (χ2v) is 7.30. The van der Waals surface area contributed by atoms with E-state index < -0.39 is 6.10 Å². The number of H-pyrrole nitrogens is 1. The number of halogens is 1. The van der Waals surface area contributed by atoms with Gasteiger partial charge in [0.1, 0.15) is 0 Å². The smallest absolute Gasteiger partial charge is 0.191 e. The molecule has 0 aliphatic heterocycles. The summed E-state index contributed by atoms with van der Waals surface area (Å²) in [5.74, 6) is 0.701. The molecule has 0 aliphatic rings. The monoisotopic (exact) mass is 536 g/mol. The van der Waals surface area contributed by atoms with Crippen LogP contribution < -0.4 is 10.6 Å². The van der Waals surface area contributed by atoms with Crippen LogP contribution in [0.2, 0.25) is 0 Å². The first-order valence-electron chi connectivity index (χ1n) is 10.6. The Labute approximate surface area is 201 Å². The van der Waals surface area contributed by atoms with Crippen molar-refractivity contribution >= 4 is 40.8 Å². The lowest BCUT2D eigenvalue weighted by atomic mass is 10.1. The lowest BCUT2D eigenvalue weighted by molar-refractivity contribution is 0.00112. The highest BCUT2D eigenvalue weighted by Gasteiger charge is 2.10. The number of guanidine groups is 1. The Kier molecular flexibility index (Phi) is 10.8. The molecule has 0 bridgehead atoms. The highest BCUT2D eigenvalue weighted by Crippen LogP contribution is 2.18. The van der Waals surface area contributed by atoms with Gasteiger partial charge in [-0.3, -0.25) is 4.99 Å². The lowest BCUT2D eigenvalue weighted by Gasteiger charge is -2.16. The van der Waals surface area contributed by atoms with Crippen molar-refractivity contribution in [2.24, 2.45) is 4.99 Å². The summed E-state index contributed by atoms with van der Waals surface area (Å²) in [6.45, 7) is 6.06. The van der Waals surface area contributed by atoms with Gasteiger partial charge in [0.05, 0.1) is 25.4 Å². The summed E-state index contributed by atoms with van der Waals surface area (Å²) >= 11 is 0. The molecule has 0 aliphatic carbocycles. The van der Waals surface area contributed by atoms with E-state index in [0.29, 0.717) is 5.96 Å². The predicted octanol–water partition coefficient (Wildman–Crippen LogP) is 4.02. The standard InChI is InChI=1S/C24H32N4O2.HI/c1-3-25-24(26-14-13-20-15-27-23-12-8-7-11-22(20)23)28-16-21(29)17-30-18(2)19-9-5-4-6-10-19;/h4-12,15,18,21,27,29H,3,13-14,16-17H2,1-2H3,(H2,25,26,28);1H. The van der Waals surface area contributed by atoms with Crippen LogP contribution in [0.25, 0.3) is 10.9 Å². The molecule has 2 unspecified atom stereocenters. The van der Waals surface area contributed by atoms with E-state index in [1.807, 2.05) is 50.2 Å². The Morgan fingerprint density at radius 3 is 2.61 bits per heavy atom. The van der Waals surface area contributed by atoms with Gasteiger partial charge in [0.25, 0.3) is 0 Å². The van der Waals surface area contributed by atoms with Crippen LogP contribution in [0.15, 0.2) is 65.8 Å². The number of hydrogen-bond donors (Lipinski definition) is 4. The zero-order valence-electron chi connectivity index (χ0n) is 18.2. The van der Waals surface area contributed by atoms with Gasteiger partial charge < -0.3 is 25.5 Å². The molecule has 0 amide bonds. The number of hydrogen-bond acceptors (Lipinski definition) is 3. The summed E-state index contributed by atoms with van der Waals surface area (Å²) in [6, 6.07) is 18.3. The molecule has 4 N–H and O–H groups in total. The molecule has 0 radical (unpaired) electrons. The van der Waals surface area contributed by atoms with Crippen LogP contribution in [0.4, 0.5) is 0 Å². The Morgan fingerprint density at radius 1 is 1.10 bits per heavy atom. The van der Waals surface area contributed by atoms with Crippen molar-refractivity contribution < 1.29 is 9.84 Å². The minimum Gasteiger partial charge on any atom is -0.389 e. The summed E-state index contributed by atoms with van der Waals surface area (Å²) in [5, 5.41) is 18.1. The number of benzene rings is 2. The topological polar surface area (TPSA) is 81.7 Å². The Balaban J connectivity index is 0.00000341.